The van der Waals surface area contributed by atoms with Gasteiger partial charge in [0.05, 0.1) is 5.60 Å². The summed E-state index contributed by atoms with van der Waals surface area (Å²) in [5.41, 5.74) is 0.667. The number of rotatable bonds is 4. The summed E-state index contributed by atoms with van der Waals surface area (Å²) in [4.78, 5) is 0. The van der Waals surface area contributed by atoms with E-state index in [-0.39, 0.29) is 5.92 Å². The molecule has 0 amide bonds. The van der Waals surface area contributed by atoms with E-state index in [1.54, 1.807) is 0 Å². The maximum Gasteiger partial charge on any atom is 0.0708 e. The SMILES string of the molecule is CCC(O)(CC)[C@@H](C)c1ccccc1. The van der Waals surface area contributed by atoms with Crippen molar-refractivity contribution in [3.8, 4) is 0 Å². The Bertz CT molecular complexity index is 262. The van der Waals surface area contributed by atoms with Crippen LogP contribution in [-0.4, -0.2) is 10.7 Å². The molecule has 1 aromatic rings. The zero-order valence-corrected chi connectivity index (χ0v) is 9.33. The predicted octanol–water partition coefficient (Wildman–Crippen LogP) is 3.34. The van der Waals surface area contributed by atoms with Crippen LogP contribution in [0.25, 0.3) is 0 Å². The molecule has 0 fully saturated rings. The number of benzene rings is 1. The van der Waals surface area contributed by atoms with Gasteiger partial charge in [0.2, 0.25) is 0 Å². The quantitative estimate of drug-likeness (QED) is 0.775. The average Bonchev–Trinajstić information content (AvgIpc) is 2.28. The Labute approximate surface area is 86.8 Å². The van der Waals surface area contributed by atoms with Crippen molar-refractivity contribution in [2.45, 2.75) is 45.1 Å². The Kier molecular flexibility index (Phi) is 3.70. The summed E-state index contributed by atoms with van der Waals surface area (Å²) in [5, 5.41) is 10.4. The fourth-order valence-electron chi connectivity index (χ4n) is 1.91. The van der Waals surface area contributed by atoms with Crippen molar-refractivity contribution in [3.63, 3.8) is 0 Å². The topological polar surface area (TPSA) is 20.2 Å². The van der Waals surface area contributed by atoms with Crippen molar-refractivity contribution in [1.82, 2.24) is 0 Å². The lowest BCUT2D eigenvalue weighted by molar-refractivity contribution is 0.00944. The number of aliphatic hydroxyl groups is 1. The van der Waals surface area contributed by atoms with Gasteiger partial charge >= 0.3 is 0 Å². The maximum absolute atomic E-state index is 10.4. The first-order chi connectivity index (χ1) is 6.64. The van der Waals surface area contributed by atoms with Gasteiger partial charge in [0.25, 0.3) is 0 Å². The van der Waals surface area contributed by atoms with E-state index in [2.05, 4.69) is 19.1 Å². The zero-order valence-electron chi connectivity index (χ0n) is 9.33. The molecule has 0 saturated heterocycles. The second-order valence-electron chi connectivity index (χ2n) is 3.94. The van der Waals surface area contributed by atoms with E-state index in [9.17, 15) is 5.11 Å². The van der Waals surface area contributed by atoms with Crippen LogP contribution in [0.5, 0.6) is 0 Å². The van der Waals surface area contributed by atoms with Crippen LogP contribution in [0.15, 0.2) is 30.3 Å². The molecule has 1 heteroatoms. The Balaban J connectivity index is 2.89. The summed E-state index contributed by atoms with van der Waals surface area (Å²) in [6.45, 7) is 6.19. The molecule has 78 valence electrons. The highest BCUT2D eigenvalue weighted by atomic mass is 16.3. The van der Waals surface area contributed by atoms with E-state index < -0.39 is 5.60 Å². The van der Waals surface area contributed by atoms with Gasteiger partial charge in [-0.05, 0) is 18.4 Å². The minimum Gasteiger partial charge on any atom is -0.389 e. The molecular weight excluding hydrogens is 172 g/mol. The van der Waals surface area contributed by atoms with Gasteiger partial charge < -0.3 is 5.11 Å². The molecule has 0 aliphatic carbocycles. The van der Waals surface area contributed by atoms with E-state index in [0.717, 1.165) is 12.8 Å². The molecule has 0 radical (unpaired) electrons. The summed E-state index contributed by atoms with van der Waals surface area (Å²) >= 11 is 0. The average molecular weight is 192 g/mol. The standard InChI is InChI=1S/C13H20O/c1-4-13(14,5-2)11(3)12-9-7-6-8-10-12/h6-11,14H,4-5H2,1-3H3/t11-/m0/s1. The van der Waals surface area contributed by atoms with Crippen LogP contribution in [0.4, 0.5) is 0 Å². The molecule has 0 saturated carbocycles. The molecule has 1 N–H and O–H groups in total. The molecule has 1 aromatic carbocycles. The van der Waals surface area contributed by atoms with Gasteiger partial charge in [0, 0.05) is 5.92 Å². The molecular formula is C13H20O. The number of hydrogen-bond acceptors (Lipinski definition) is 1. The molecule has 0 unspecified atom stereocenters. The van der Waals surface area contributed by atoms with E-state index in [4.69, 9.17) is 0 Å². The first-order valence-electron chi connectivity index (χ1n) is 5.41. The second kappa shape index (κ2) is 4.61. The molecule has 1 nitrogen and oxygen atoms in total. The smallest absolute Gasteiger partial charge is 0.0708 e. The molecule has 0 bridgehead atoms. The van der Waals surface area contributed by atoms with Crippen molar-refractivity contribution in [1.29, 1.82) is 0 Å². The van der Waals surface area contributed by atoms with E-state index >= 15 is 0 Å². The highest BCUT2D eigenvalue weighted by molar-refractivity contribution is 5.21. The maximum atomic E-state index is 10.4. The first kappa shape index (κ1) is 11.3. The molecule has 0 aliphatic heterocycles. The lowest BCUT2D eigenvalue weighted by atomic mass is 9.80. The van der Waals surface area contributed by atoms with Crippen molar-refractivity contribution in [3.05, 3.63) is 35.9 Å². The molecule has 0 spiro atoms. The second-order valence-corrected chi connectivity index (χ2v) is 3.94. The first-order valence-corrected chi connectivity index (χ1v) is 5.41. The minimum atomic E-state index is -0.554. The Morgan fingerprint density at radius 3 is 2.07 bits per heavy atom. The lowest BCUT2D eigenvalue weighted by Gasteiger charge is -2.32. The highest BCUT2D eigenvalue weighted by Gasteiger charge is 2.30. The van der Waals surface area contributed by atoms with Crippen molar-refractivity contribution >= 4 is 0 Å². The fraction of sp³-hybridized carbons (Fsp3) is 0.538. The summed E-state index contributed by atoms with van der Waals surface area (Å²) in [5.74, 6) is 0.207. The van der Waals surface area contributed by atoms with Crippen molar-refractivity contribution in [2.24, 2.45) is 0 Å². The Morgan fingerprint density at radius 2 is 1.64 bits per heavy atom. The van der Waals surface area contributed by atoms with E-state index in [0.29, 0.717) is 0 Å². The Morgan fingerprint density at radius 1 is 1.14 bits per heavy atom. The van der Waals surface area contributed by atoms with E-state index in [1.807, 2.05) is 32.0 Å². The summed E-state index contributed by atoms with van der Waals surface area (Å²) in [7, 11) is 0. The fourth-order valence-corrected chi connectivity index (χ4v) is 1.91. The zero-order chi connectivity index (χ0) is 10.6. The van der Waals surface area contributed by atoms with Crippen LogP contribution in [0, 0.1) is 0 Å². The van der Waals surface area contributed by atoms with Gasteiger partial charge in [-0.2, -0.15) is 0 Å². The summed E-state index contributed by atoms with van der Waals surface area (Å²) in [6.07, 6.45) is 1.61. The van der Waals surface area contributed by atoms with Crippen LogP contribution >= 0.6 is 0 Å². The molecule has 14 heavy (non-hydrogen) atoms. The third-order valence-corrected chi connectivity index (χ3v) is 3.33. The van der Waals surface area contributed by atoms with Gasteiger partial charge in [0.15, 0.2) is 0 Å². The summed E-state index contributed by atoms with van der Waals surface area (Å²) in [6, 6.07) is 10.2. The van der Waals surface area contributed by atoms with E-state index in [1.165, 1.54) is 5.56 Å². The molecule has 1 atom stereocenters. The van der Waals surface area contributed by atoms with Crippen LogP contribution in [-0.2, 0) is 0 Å². The molecule has 0 heterocycles. The molecule has 1 rings (SSSR count). The van der Waals surface area contributed by atoms with Gasteiger partial charge in [-0.25, -0.2) is 0 Å². The third-order valence-electron chi connectivity index (χ3n) is 3.33. The molecule has 0 aliphatic rings. The van der Waals surface area contributed by atoms with Crippen LogP contribution < -0.4 is 0 Å². The number of hydrogen-bond donors (Lipinski definition) is 1. The predicted molar refractivity (Wildman–Crippen MR) is 60.4 cm³/mol. The third kappa shape index (κ3) is 2.16. The highest BCUT2D eigenvalue weighted by Crippen LogP contribution is 2.32. The van der Waals surface area contributed by atoms with Gasteiger partial charge in [-0.15, -0.1) is 0 Å². The van der Waals surface area contributed by atoms with Gasteiger partial charge in [-0.3, -0.25) is 0 Å². The largest absolute Gasteiger partial charge is 0.389 e. The summed E-state index contributed by atoms with van der Waals surface area (Å²) < 4.78 is 0. The van der Waals surface area contributed by atoms with Gasteiger partial charge in [0.1, 0.15) is 0 Å². The Hall–Kier alpha value is -0.820. The van der Waals surface area contributed by atoms with Crippen molar-refractivity contribution in [2.75, 3.05) is 0 Å². The lowest BCUT2D eigenvalue weighted by Crippen LogP contribution is -2.33. The van der Waals surface area contributed by atoms with Crippen LogP contribution in [0.2, 0.25) is 0 Å². The normalized spacial score (nSPS) is 14.0. The monoisotopic (exact) mass is 192 g/mol. The van der Waals surface area contributed by atoms with Gasteiger partial charge in [-0.1, -0.05) is 51.1 Å². The van der Waals surface area contributed by atoms with Crippen LogP contribution in [0.1, 0.15) is 45.1 Å². The van der Waals surface area contributed by atoms with Crippen molar-refractivity contribution < 1.29 is 5.11 Å². The van der Waals surface area contributed by atoms with Crippen LogP contribution in [0.3, 0.4) is 0 Å². The molecule has 0 aromatic heterocycles. The minimum absolute atomic E-state index is 0.207.